The number of furan rings is 1. The van der Waals surface area contributed by atoms with Crippen LogP contribution in [0, 0.1) is 0 Å². The molecule has 0 radical (unpaired) electrons. The van der Waals surface area contributed by atoms with Crippen LogP contribution in [0.3, 0.4) is 0 Å². The van der Waals surface area contributed by atoms with Crippen LogP contribution in [0.4, 0.5) is 17.1 Å². The van der Waals surface area contributed by atoms with E-state index in [2.05, 4.69) is 193 Å². The molecule has 10 aromatic rings. The van der Waals surface area contributed by atoms with E-state index in [1.165, 1.54) is 49.5 Å². The number of fused-ring (bicyclic) bond motifs is 6. The zero-order valence-corrected chi connectivity index (χ0v) is 28.4. The molecule has 1 heterocycles. The largest absolute Gasteiger partial charge is 0.456 e. The van der Waals surface area contributed by atoms with Gasteiger partial charge in [0, 0.05) is 27.8 Å². The first kappa shape index (κ1) is 30.0. The number of benzene rings is 9. The van der Waals surface area contributed by atoms with Gasteiger partial charge in [0.15, 0.2) is 0 Å². The number of anilines is 3. The van der Waals surface area contributed by atoms with Crippen molar-refractivity contribution in [1.82, 2.24) is 0 Å². The smallest absolute Gasteiger partial charge is 0.136 e. The Labute approximate surface area is 302 Å². The van der Waals surface area contributed by atoms with Crippen molar-refractivity contribution >= 4 is 60.5 Å². The fourth-order valence-electron chi connectivity index (χ4n) is 7.59. The van der Waals surface area contributed by atoms with Crippen LogP contribution in [0.25, 0.3) is 76.9 Å². The maximum Gasteiger partial charge on any atom is 0.136 e. The summed E-state index contributed by atoms with van der Waals surface area (Å²) in [5.41, 5.74) is 12.3. The molecule has 1 aromatic heterocycles. The molecule has 0 aliphatic heterocycles. The van der Waals surface area contributed by atoms with Crippen molar-refractivity contribution in [3.63, 3.8) is 0 Å². The van der Waals surface area contributed by atoms with E-state index in [9.17, 15) is 0 Å². The van der Waals surface area contributed by atoms with Crippen molar-refractivity contribution in [3.8, 4) is 33.4 Å². The fraction of sp³-hybridized carbons (Fsp3) is 0. The maximum absolute atomic E-state index is 6.25. The third kappa shape index (κ3) is 5.30. The maximum atomic E-state index is 6.25. The average Bonchev–Trinajstić information content (AvgIpc) is 3.59. The lowest BCUT2D eigenvalue weighted by Crippen LogP contribution is -2.09. The Morgan fingerprint density at radius 3 is 1.46 bits per heavy atom. The van der Waals surface area contributed by atoms with Gasteiger partial charge in [-0.05, 0) is 116 Å². The van der Waals surface area contributed by atoms with E-state index in [0.29, 0.717) is 0 Å². The second-order valence-corrected chi connectivity index (χ2v) is 13.4. The highest BCUT2D eigenvalue weighted by molar-refractivity contribution is 6.17. The van der Waals surface area contributed by atoms with Crippen molar-refractivity contribution in [2.24, 2.45) is 0 Å². The first-order valence-corrected chi connectivity index (χ1v) is 17.7. The van der Waals surface area contributed by atoms with Crippen molar-refractivity contribution in [1.29, 1.82) is 0 Å². The summed E-state index contributed by atoms with van der Waals surface area (Å²) in [6.45, 7) is 0. The topological polar surface area (TPSA) is 16.4 Å². The van der Waals surface area contributed by atoms with Crippen LogP contribution in [0.1, 0.15) is 0 Å². The summed E-state index contributed by atoms with van der Waals surface area (Å²) in [5.74, 6) is 0. The Kier molecular flexibility index (Phi) is 7.18. The van der Waals surface area contributed by atoms with Gasteiger partial charge in [-0.1, -0.05) is 140 Å². The Balaban J connectivity index is 1.10. The summed E-state index contributed by atoms with van der Waals surface area (Å²) in [6.07, 6.45) is 0. The number of hydrogen-bond donors (Lipinski definition) is 0. The first-order valence-electron chi connectivity index (χ1n) is 17.7. The van der Waals surface area contributed by atoms with E-state index in [0.717, 1.165) is 44.4 Å². The monoisotopic (exact) mass is 663 g/mol. The summed E-state index contributed by atoms with van der Waals surface area (Å²) in [6, 6.07) is 71.8. The minimum absolute atomic E-state index is 0.915. The van der Waals surface area contributed by atoms with Gasteiger partial charge in [0.25, 0.3) is 0 Å². The van der Waals surface area contributed by atoms with Gasteiger partial charge in [0.05, 0.1) is 0 Å². The molecule has 0 bridgehead atoms. The summed E-state index contributed by atoms with van der Waals surface area (Å²) < 4.78 is 6.25. The lowest BCUT2D eigenvalue weighted by atomic mass is 9.98. The van der Waals surface area contributed by atoms with Crippen molar-refractivity contribution in [2.45, 2.75) is 0 Å². The van der Waals surface area contributed by atoms with Gasteiger partial charge in [-0.3, -0.25) is 0 Å². The summed E-state index contributed by atoms with van der Waals surface area (Å²) in [5, 5.41) is 7.07. The second-order valence-electron chi connectivity index (χ2n) is 13.4. The van der Waals surface area contributed by atoms with Crippen LogP contribution in [0.5, 0.6) is 0 Å². The molecule has 0 saturated carbocycles. The molecule has 0 aliphatic rings. The molecule has 10 rings (SSSR count). The van der Waals surface area contributed by atoms with Crippen molar-refractivity contribution in [3.05, 3.63) is 200 Å². The zero-order chi connectivity index (χ0) is 34.4. The SMILES string of the molecule is c1ccc(-c2ccc(N(c3ccc(-c4cccc(-c5ccccc5)c4)cc3)c3ccc4ccc5cc6oc7ccccc7c6cc5c4c3)cc2)cc1. The van der Waals surface area contributed by atoms with Crippen LogP contribution in [0.15, 0.2) is 205 Å². The normalized spacial score (nSPS) is 11.5. The molecule has 0 fully saturated rings. The first-order chi connectivity index (χ1) is 25.7. The molecular weight excluding hydrogens is 631 g/mol. The average molecular weight is 664 g/mol. The molecule has 9 aromatic carbocycles. The molecule has 0 atom stereocenters. The highest BCUT2D eigenvalue weighted by Crippen LogP contribution is 2.41. The van der Waals surface area contributed by atoms with E-state index in [-0.39, 0.29) is 0 Å². The fourth-order valence-corrected chi connectivity index (χ4v) is 7.59. The van der Waals surface area contributed by atoms with Gasteiger partial charge < -0.3 is 9.32 Å². The number of rotatable bonds is 6. The highest BCUT2D eigenvalue weighted by atomic mass is 16.3. The summed E-state index contributed by atoms with van der Waals surface area (Å²) in [4.78, 5) is 2.36. The standard InChI is InChI=1S/C50H33NO/c1-3-10-34(11-4-1)36-20-25-42(26-21-36)51(43-27-22-37(23-28-43)40-15-9-14-39(30-40)35-12-5-2-6-13-35)44-29-24-38-18-19-41-31-50-48(33-47(41)46(38)32-44)45-16-7-8-17-49(45)52-50/h1-33H. The number of nitrogens with zero attached hydrogens (tertiary/aromatic N) is 1. The second kappa shape index (κ2) is 12.5. The molecule has 2 heteroatoms. The molecular formula is C50H33NO. The van der Waals surface area contributed by atoms with E-state index < -0.39 is 0 Å². The number of hydrogen-bond acceptors (Lipinski definition) is 2. The minimum Gasteiger partial charge on any atom is -0.456 e. The van der Waals surface area contributed by atoms with Gasteiger partial charge in [0.1, 0.15) is 11.2 Å². The molecule has 0 spiro atoms. The predicted octanol–water partition coefficient (Wildman–Crippen LogP) is 14.4. The predicted molar refractivity (Wildman–Crippen MR) is 220 cm³/mol. The molecule has 2 nitrogen and oxygen atoms in total. The molecule has 244 valence electrons. The lowest BCUT2D eigenvalue weighted by molar-refractivity contribution is 0.669. The molecule has 0 unspecified atom stereocenters. The van der Waals surface area contributed by atoms with Crippen LogP contribution in [0.2, 0.25) is 0 Å². The molecule has 0 amide bonds. The quantitative estimate of drug-likeness (QED) is 0.165. The molecule has 52 heavy (non-hydrogen) atoms. The van der Waals surface area contributed by atoms with Gasteiger partial charge >= 0.3 is 0 Å². The van der Waals surface area contributed by atoms with E-state index >= 15 is 0 Å². The summed E-state index contributed by atoms with van der Waals surface area (Å²) in [7, 11) is 0. The van der Waals surface area contributed by atoms with Crippen LogP contribution in [-0.4, -0.2) is 0 Å². The Hall–Kier alpha value is -6.90. The minimum atomic E-state index is 0.915. The summed E-state index contributed by atoms with van der Waals surface area (Å²) >= 11 is 0. The Morgan fingerprint density at radius 1 is 0.269 bits per heavy atom. The number of para-hydroxylation sites is 1. The zero-order valence-electron chi connectivity index (χ0n) is 28.4. The van der Waals surface area contributed by atoms with Crippen molar-refractivity contribution < 1.29 is 4.42 Å². The Morgan fingerprint density at radius 2 is 0.769 bits per heavy atom. The van der Waals surface area contributed by atoms with Gasteiger partial charge in [0.2, 0.25) is 0 Å². The highest BCUT2D eigenvalue weighted by Gasteiger charge is 2.16. The van der Waals surface area contributed by atoms with Crippen LogP contribution in [-0.2, 0) is 0 Å². The third-order valence-corrected chi connectivity index (χ3v) is 10.2. The van der Waals surface area contributed by atoms with Crippen LogP contribution >= 0.6 is 0 Å². The van der Waals surface area contributed by atoms with Crippen LogP contribution < -0.4 is 4.90 Å². The van der Waals surface area contributed by atoms with E-state index in [1.54, 1.807) is 0 Å². The Bertz CT molecular complexity index is 2870. The molecule has 0 saturated heterocycles. The molecule has 0 N–H and O–H groups in total. The van der Waals surface area contributed by atoms with E-state index in [1.807, 2.05) is 12.1 Å². The van der Waals surface area contributed by atoms with E-state index in [4.69, 9.17) is 4.42 Å². The third-order valence-electron chi connectivity index (χ3n) is 10.2. The molecule has 0 aliphatic carbocycles. The lowest BCUT2D eigenvalue weighted by Gasteiger charge is -2.26. The van der Waals surface area contributed by atoms with Crippen molar-refractivity contribution in [2.75, 3.05) is 4.90 Å². The van der Waals surface area contributed by atoms with Gasteiger partial charge in [-0.25, -0.2) is 0 Å². The van der Waals surface area contributed by atoms with Gasteiger partial charge in [-0.15, -0.1) is 0 Å². The van der Waals surface area contributed by atoms with Gasteiger partial charge in [-0.2, -0.15) is 0 Å².